The third kappa shape index (κ3) is 4.33. The molecular formula is C15H26N2O4. The molecule has 2 heterocycles. The molecule has 2 N–H and O–H groups in total. The molecule has 0 spiro atoms. The van der Waals surface area contributed by atoms with Crippen LogP contribution in [0.25, 0.3) is 0 Å². The van der Waals surface area contributed by atoms with E-state index in [1.807, 2.05) is 4.90 Å². The van der Waals surface area contributed by atoms with Gasteiger partial charge in [-0.05, 0) is 46.5 Å². The van der Waals surface area contributed by atoms with Gasteiger partial charge in [0, 0.05) is 19.0 Å². The van der Waals surface area contributed by atoms with Crippen LogP contribution >= 0.6 is 0 Å². The summed E-state index contributed by atoms with van der Waals surface area (Å²) < 4.78 is 5.21. The van der Waals surface area contributed by atoms with Gasteiger partial charge in [-0.15, -0.1) is 0 Å². The molecule has 120 valence electrons. The lowest BCUT2D eigenvalue weighted by Crippen LogP contribution is -2.53. The van der Waals surface area contributed by atoms with Gasteiger partial charge < -0.3 is 20.1 Å². The number of aliphatic hydroxyl groups is 1. The molecule has 0 aromatic carbocycles. The van der Waals surface area contributed by atoms with E-state index in [0.717, 1.165) is 25.8 Å². The molecule has 0 unspecified atom stereocenters. The van der Waals surface area contributed by atoms with Crippen molar-refractivity contribution in [1.29, 1.82) is 0 Å². The number of fused-ring (bicyclic) bond motifs is 1. The van der Waals surface area contributed by atoms with Gasteiger partial charge in [0.25, 0.3) is 0 Å². The van der Waals surface area contributed by atoms with Crippen LogP contribution in [0.4, 0.5) is 4.79 Å². The average molecular weight is 298 g/mol. The van der Waals surface area contributed by atoms with Gasteiger partial charge in [0.15, 0.2) is 0 Å². The van der Waals surface area contributed by atoms with Gasteiger partial charge >= 0.3 is 6.09 Å². The number of rotatable bonds is 1. The molecule has 2 fully saturated rings. The molecule has 2 rings (SSSR count). The molecule has 0 aliphatic carbocycles. The van der Waals surface area contributed by atoms with Crippen molar-refractivity contribution in [3.05, 3.63) is 0 Å². The van der Waals surface area contributed by atoms with Gasteiger partial charge in [0.2, 0.25) is 5.91 Å². The van der Waals surface area contributed by atoms with Gasteiger partial charge in [-0.25, -0.2) is 4.79 Å². The lowest BCUT2D eigenvalue weighted by Gasteiger charge is -2.33. The predicted molar refractivity (Wildman–Crippen MR) is 77.8 cm³/mol. The highest BCUT2D eigenvalue weighted by atomic mass is 16.6. The fourth-order valence-corrected chi connectivity index (χ4v) is 3.07. The zero-order valence-corrected chi connectivity index (χ0v) is 13.1. The van der Waals surface area contributed by atoms with Crippen molar-refractivity contribution in [2.24, 2.45) is 0 Å². The van der Waals surface area contributed by atoms with E-state index in [1.165, 1.54) is 0 Å². The van der Waals surface area contributed by atoms with Crippen LogP contribution in [0, 0.1) is 0 Å². The molecule has 2 saturated heterocycles. The summed E-state index contributed by atoms with van der Waals surface area (Å²) in [6.45, 7) is 6.07. The highest BCUT2D eigenvalue weighted by molar-refractivity contribution is 5.86. The van der Waals surface area contributed by atoms with E-state index in [2.05, 4.69) is 5.32 Å². The third-order valence-corrected chi connectivity index (χ3v) is 3.99. The van der Waals surface area contributed by atoms with Gasteiger partial charge in [-0.2, -0.15) is 0 Å². The fraction of sp³-hybridized carbons (Fsp3) is 0.867. The van der Waals surface area contributed by atoms with E-state index in [1.54, 1.807) is 20.8 Å². The maximum absolute atomic E-state index is 12.6. The van der Waals surface area contributed by atoms with E-state index in [9.17, 15) is 14.7 Å². The maximum Gasteiger partial charge on any atom is 0.408 e. The summed E-state index contributed by atoms with van der Waals surface area (Å²) in [5, 5.41) is 12.6. The van der Waals surface area contributed by atoms with Crippen LogP contribution in [0.5, 0.6) is 0 Å². The zero-order valence-electron chi connectivity index (χ0n) is 13.1. The molecule has 21 heavy (non-hydrogen) atoms. The normalized spacial score (nSPS) is 30.4. The number of hydrogen-bond donors (Lipinski definition) is 2. The number of nitrogens with zero attached hydrogens (tertiary/aromatic N) is 1. The van der Waals surface area contributed by atoms with Crippen LogP contribution in [-0.2, 0) is 9.53 Å². The molecule has 2 aliphatic heterocycles. The van der Waals surface area contributed by atoms with Crippen LogP contribution in [0.3, 0.4) is 0 Å². The number of carbonyl (C=O) groups excluding carboxylic acids is 2. The standard InChI is InChI=1S/C15H26N2O4/c1-15(2,3)21-14(20)16-12-9-11(18)7-6-10-5-4-8-17(10)13(12)19/h10-12,18H,4-9H2,1-3H3,(H,16,20)/t10-,11+,12+/m1/s1. The Morgan fingerprint density at radius 3 is 2.71 bits per heavy atom. The first-order valence-corrected chi connectivity index (χ1v) is 7.74. The SMILES string of the molecule is CC(C)(C)OC(=O)N[C@H]1C[C@@H](O)CC[C@H]2CCCN2C1=O. The largest absolute Gasteiger partial charge is 0.444 e. The minimum atomic E-state index is -0.698. The second kappa shape index (κ2) is 6.22. The Morgan fingerprint density at radius 1 is 1.33 bits per heavy atom. The van der Waals surface area contributed by atoms with E-state index in [4.69, 9.17) is 4.74 Å². The average Bonchev–Trinajstić information content (AvgIpc) is 2.79. The monoisotopic (exact) mass is 298 g/mol. The number of hydrogen-bond acceptors (Lipinski definition) is 4. The van der Waals surface area contributed by atoms with Crippen LogP contribution in [0.2, 0.25) is 0 Å². The second-order valence-electron chi connectivity index (χ2n) is 6.99. The summed E-state index contributed by atoms with van der Waals surface area (Å²) in [7, 11) is 0. The first-order chi connectivity index (χ1) is 9.76. The van der Waals surface area contributed by atoms with Crippen molar-refractivity contribution in [2.75, 3.05) is 6.54 Å². The Morgan fingerprint density at radius 2 is 2.05 bits per heavy atom. The fourth-order valence-electron chi connectivity index (χ4n) is 3.07. The molecule has 0 aromatic rings. The quantitative estimate of drug-likeness (QED) is 0.767. The number of carbonyl (C=O) groups is 2. The molecule has 2 amide bonds. The molecule has 0 saturated carbocycles. The van der Waals surface area contributed by atoms with Crippen LogP contribution in [0.15, 0.2) is 0 Å². The smallest absolute Gasteiger partial charge is 0.408 e. The van der Waals surface area contributed by atoms with E-state index in [-0.39, 0.29) is 18.4 Å². The molecular weight excluding hydrogens is 272 g/mol. The topological polar surface area (TPSA) is 78.9 Å². The van der Waals surface area contributed by atoms with Crippen molar-refractivity contribution >= 4 is 12.0 Å². The van der Waals surface area contributed by atoms with Gasteiger partial charge in [0.05, 0.1) is 6.10 Å². The molecule has 0 bridgehead atoms. The lowest BCUT2D eigenvalue weighted by atomic mass is 9.97. The predicted octanol–water partition coefficient (Wildman–Crippen LogP) is 1.42. The molecule has 0 radical (unpaired) electrons. The molecule has 3 atom stereocenters. The number of alkyl carbamates (subject to hydrolysis) is 1. The number of amides is 2. The highest BCUT2D eigenvalue weighted by Crippen LogP contribution is 2.26. The first kappa shape index (κ1) is 16.1. The Balaban J connectivity index is 2.04. The minimum Gasteiger partial charge on any atom is -0.444 e. The molecule has 2 aliphatic rings. The Kier molecular flexibility index (Phi) is 4.76. The maximum atomic E-state index is 12.6. The van der Waals surface area contributed by atoms with Crippen molar-refractivity contribution in [3.63, 3.8) is 0 Å². The van der Waals surface area contributed by atoms with Crippen molar-refractivity contribution in [2.45, 2.75) is 76.7 Å². The van der Waals surface area contributed by atoms with Gasteiger partial charge in [-0.1, -0.05) is 0 Å². The van der Waals surface area contributed by atoms with Gasteiger partial charge in [-0.3, -0.25) is 4.79 Å². The van der Waals surface area contributed by atoms with Crippen LogP contribution in [-0.4, -0.2) is 52.3 Å². The van der Waals surface area contributed by atoms with Crippen molar-refractivity contribution < 1.29 is 19.4 Å². The lowest BCUT2D eigenvalue weighted by molar-refractivity contribution is -0.136. The third-order valence-electron chi connectivity index (χ3n) is 3.99. The Labute approximate surface area is 125 Å². The molecule has 0 aromatic heterocycles. The molecule has 6 nitrogen and oxygen atoms in total. The summed E-state index contributed by atoms with van der Waals surface area (Å²) in [6.07, 6.45) is 2.57. The second-order valence-corrected chi connectivity index (χ2v) is 6.99. The number of nitrogens with one attached hydrogen (secondary N) is 1. The van der Waals surface area contributed by atoms with Crippen molar-refractivity contribution in [3.8, 4) is 0 Å². The summed E-state index contributed by atoms with van der Waals surface area (Å²) in [4.78, 5) is 26.3. The number of aliphatic hydroxyl groups excluding tert-OH is 1. The number of ether oxygens (including phenoxy) is 1. The van der Waals surface area contributed by atoms with Gasteiger partial charge in [0.1, 0.15) is 11.6 Å². The summed E-state index contributed by atoms with van der Waals surface area (Å²) in [5.41, 5.74) is -0.608. The highest BCUT2D eigenvalue weighted by Gasteiger charge is 2.37. The van der Waals surface area contributed by atoms with E-state index >= 15 is 0 Å². The van der Waals surface area contributed by atoms with Crippen LogP contribution < -0.4 is 5.32 Å². The molecule has 6 heteroatoms. The summed E-state index contributed by atoms with van der Waals surface area (Å²) in [5.74, 6) is -0.0953. The summed E-state index contributed by atoms with van der Waals surface area (Å²) >= 11 is 0. The van der Waals surface area contributed by atoms with Crippen LogP contribution in [0.1, 0.15) is 52.9 Å². The summed E-state index contributed by atoms with van der Waals surface area (Å²) in [6, 6.07) is -0.494. The zero-order chi connectivity index (χ0) is 15.6. The van der Waals surface area contributed by atoms with E-state index < -0.39 is 23.8 Å². The Hall–Kier alpha value is -1.30. The Bertz CT molecular complexity index is 405. The van der Waals surface area contributed by atoms with E-state index in [0.29, 0.717) is 6.42 Å². The van der Waals surface area contributed by atoms with Crippen molar-refractivity contribution in [1.82, 2.24) is 10.2 Å². The first-order valence-electron chi connectivity index (χ1n) is 7.74. The minimum absolute atomic E-state index is 0.0953.